The summed E-state index contributed by atoms with van der Waals surface area (Å²) in [6.45, 7) is 1.94. The molecule has 0 radical (unpaired) electrons. The molecule has 1 fully saturated rings. The van der Waals surface area contributed by atoms with Crippen molar-refractivity contribution in [1.82, 2.24) is 9.80 Å². The van der Waals surface area contributed by atoms with Crippen LogP contribution in [0.4, 0.5) is 10.1 Å². The minimum Gasteiger partial charge on any atom is -0.377 e. The Morgan fingerprint density at radius 1 is 1.38 bits per heavy atom. The molecule has 7 heteroatoms. The fourth-order valence-corrected chi connectivity index (χ4v) is 4.01. The largest absolute Gasteiger partial charge is 0.377 e. The van der Waals surface area contributed by atoms with Crippen molar-refractivity contribution in [2.75, 3.05) is 46.2 Å². The lowest BCUT2D eigenvalue weighted by atomic mass is 9.86. The van der Waals surface area contributed by atoms with Gasteiger partial charge >= 0.3 is 0 Å². The van der Waals surface area contributed by atoms with Gasteiger partial charge in [0.05, 0.1) is 11.5 Å². The maximum absolute atomic E-state index is 13.7. The first-order valence-electron chi connectivity index (χ1n) is 8.91. The predicted molar refractivity (Wildman–Crippen MR) is 96.5 cm³/mol. The summed E-state index contributed by atoms with van der Waals surface area (Å²) in [7, 11) is 5.72. The van der Waals surface area contributed by atoms with Crippen LogP contribution in [0.3, 0.4) is 0 Å². The van der Waals surface area contributed by atoms with Crippen molar-refractivity contribution >= 4 is 17.5 Å². The second-order valence-electron chi connectivity index (χ2n) is 7.49. The van der Waals surface area contributed by atoms with Crippen molar-refractivity contribution in [3.8, 4) is 0 Å². The number of methoxy groups -OCH3 is 1. The van der Waals surface area contributed by atoms with Crippen LogP contribution in [0.1, 0.15) is 30.7 Å². The van der Waals surface area contributed by atoms with E-state index in [9.17, 15) is 14.0 Å². The third kappa shape index (κ3) is 3.73. The summed E-state index contributed by atoms with van der Waals surface area (Å²) in [5.74, 6) is -1.35. The van der Waals surface area contributed by atoms with E-state index in [1.165, 1.54) is 18.2 Å². The molecule has 0 aliphatic carbocycles. The highest BCUT2D eigenvalue weighted by Gasteiger charge is 2.40. The number of carbonyl (C=O) groups excluding carboxylic acids is 2. The molecule has 1 N–H and O–H groups in total. The highest BCUT2D eigenvalue weighted by atomic mass is 19.1. The fourth-order valence-electron chi connectivity index (χ4n) is 4.01. The molecule has 3 rings (SSSR count). The summed E-state index contributed by atoms with van der Waals surface area (Å²) in [6, 6.07) is 4.17. The smallest absolute Gasteiger partial charge is 0.230 e. The number of ether oxygens (including phenoxy) is 1. The van der Waals surface area contributed by atoms with Gasteiger partial charge < -0.3 is 19.9 Å². The lowest BCUT2D eigenvalue weighted by Gasteiger charge is -2.43. The summed E-state index contributed by atoms with van der Waals surface area (Å²) < 4.78 is 19.4. The Morgan fingerprint density at radius 3 is 2.69 bits per heavy atom. The van der Waals surface area contributed by atoms with Crippen molar-refractivity contribution in [3.05, 3.63) is 29.6 Å². The highest BCUT2D eigenvalue weighted by Crippen LogP contribution is 2.35. The summed E-state index contributed by atoms with van der Waals surface area (Å²) in [4.78, 5) is 28.9. The standard InChI is InChI=1S/C19H26FN3O3/c1-22(2)12-19(26-3)6-8-23(9-7-19)18(25)15-11-17(24)21-16-5-4-13(20)10-14(15)16/h4-5,10,15H,6-9,11-12H2,1-3H3,(H,21,24). The molecule has 1 saturated heterocycles. The third-order valence-corrected chi connectivity index (χ3v) is 5.37. The summed E-state index contributed by atoms with van der Waals surface area (Å²) in [5, 5.41) is 2.72. The molecule has 2 aliphatic heterocycles. The van der Waals surface area contributed by atoms with Gasteiger partial charge in [-0.15, -0.1) is 0 Å². The molecule has 1 atom stereocenters. The van der Waals surface area contributed by atoms with Crippen LogP contribution in [-0.4, -0.2) is 68.1 Å². The molecule has 6 nitrogen and oxygen atoms in total. The number of hydrogen-bond donors (Lipinski definition) is 1. The van der Waals surface area contributed by atoms with Gasteiger partial charge in [0.15, 0.2) is 0 Å². The van der Waals surface area contributed by atoms with Crippen molar-refractivity contribution in [3.63, 3.8) is 0 Å². The van der Waals surface area contributed by atoms with Gasteiger partial charge in [-0.25, -0.2) is 4.39 Å². The number of halogens is 1. The van der Waals surface area contributed by atoms with Gasteiger partial charge in [0.25, 0.3) is 0 Å². The van der Waals surface area contributed by atoms with Gasteiger partial charge in [-0.2, -0.15) is 0 Å². The lowest BCUT2D eigenvalue weighted by Crippen LogP contribution is -2.53. The van der Waals surface area contributed by atoms with Crippen LogP contribution in [0.25, 0.3) is 0 Å². The van der Waals surface area contributed by atoms with Crippen LogP contribution in [0.2, 0.25) is 0 Å². The van der Waals surface area contributed by atoms with Gasteiger partial charge in [-0.3, -0.25) is 9.59 Å². The molecule has 2 aliphatic rings. The Kier molecular flexibility index (Phi) is 5.29. The Labute approximate surface area is 153 Å². The number of nitrogens with one attached hydrogen (secondary N) is 1. The number of fused-ring (bicyclic) bond motifs is 1. The Morgan fingerprint density at radius 2 is 2.08 bits per heavy atom. The molecule has 142 valence electrons. The zero-order chi connectivity index (χ0) is 18.9. The van der Waals surface area contributed by atoms with E-state index >= 15 is 0 Å². The van der Waals surface area contributed by atoms with Crippen molar-refractivity contribution in [1.29, 1.82) is 0 Å². The molecule has 0 saturated carbocycles. The van der Waals surface area contributed by atoms with Gasteiger partial charge in [-0.1, -0.05) is 0 Å². The van der Waals surface area contributed by atoms with Crippen LogP contribution in [-0.2, 0) is 14.3 Å². The molecular weight excluding hydrogens is 337 g/mol. The highest BCUT2D eigenvalue weighted by molar-refractivity contribution is 6.01. The number of likely N-dealkylation sites (N-methyl/N-ethyl adjacent to an activating group) is 1. The SMILES string of the molecule is COC1(CN(C)C)CCN(C(=O)C2CC(=O)Nc3ccc(F)cc32)CC1. The number of likely N-dealkylation sites (tertiary alicyclic amines) is 1. The van der Waals surface area contributed by atoms with Crippen LogP contribution in [0.5, 0.6) is 0 Å². The molecule has 1 aromatic rings. The van der Waals surface area contributed by atoms with Gasteiger partial charge in [0, 0.05) is 38.9 Å². The Hall–Kier alpha value is -1.99. The van der Waals surface area contributed by atoms with Crippen molar-refractivity contribution < 1.29 is 18.7 Å². The number of anilines is 1. The average molecular weight is 363 g/mol. The van der Waals surface area contributed by atoms with Crippen LogP contribution >= 0.6 is 0 Å². The molecule has 0 bridgehead atoms. The van der Waals surface area contributed by atoms with Crippen molar-refractivity contribution in [2.45, 2.75) is 30.8 Å². The molecule has 2 amide bonds. The number of piperidine rings is 1. The van der Waals surface area contributed by atoms with E-state index in [0.717, 1.165) is 19.4 Å². The summed E-state index contributed by atoms with van der Waals surface area (Å²) in [6.07, 6.45) is 1.53. The third-order valence-electron chi connectivity index (χ3n) is 5.37. The van der Waals surface area contributed by atoms with Gasteiger partial charge in [-0.05, 0) is 50.7 Å². The predicted octanol–water partition coefficient (Wildman–Crippen LogP) is 1.82. The number of nitrogens with zero attached hydrogens (tertiary/aromatic N) is 2. The molecule has 0 aromatic heterocycles. The zero-order valence-corrected chi connectivity index (χ0v) is 15.5. The number of hydrogen-bond acceptors (Lipinski definition) is 4. The second-order valence-corrected chi connectivity index (χ2v) is 7.49. The molecular formula is C19H26FN3O3. The molecule has 1 unspecified atom stereocenters. The maximum atomic E-state index is 13.7. The fraction of sp³-hybridized carbons (Fsp3) is 0.579. The van der Waals surface area contributed by atoms with E-state index in [-0.39, 0.29) is 23.8 Å². The number of benzene rings is 1. The van der Waals surface area contributed by atoms with E-state index < -0.39 is 11.7 Å². The molecule has 2 heterocycles. The number of amides is 2. The minimum atomic E-state index is -0.627. The number of carbonyl (C=O) groups is 2. The monoisotopic (exact) mass is 363 g/mol. The first-order chi connectivity index (χ1) is 12.3. The Bertz CT molecular complexity index is 699. The van der Waals surface area contributed by atoms with Crippen LogP contribution in [0, 0.1) is 5.82 Å². The quantitative estimate of drug-likeness (QED) is 0.886. The number of rotatable bonds is 4. The van der Waals surface area contributed by atoms with Crippen LogP contribution < -0.4 is 5.32 Å². The Balaban J connectivity index is 1.75. The van der Waals surface area contributed by atoms with Gasteiger partial charge in [0.2, 0.25) is 11.8 Å². The summed E-state index contributed by atoms with van der Waals surface area (Å²) in [5.41, 5.74) is 0.831. The van der Waals surface area contributed by atoms with E-state index in [2.05, 4.69) is 10.2 Å². The summed E-state index contributed by atoms with van der Waals surface area (Å²) >= 11 is 0. The average Bonchev–Trinajstić information content (AvgIpc) is 2.61. The van der Waals surface area contributed by atoms with E-state index in [1.807, 2.05) is 14.1 Å². The first kappa shape index (κ1) is 18.8. The maximum Gasteiger partial charge on any atom is 0.230 e. The molecule has 1 aromatic carbocycles. The van der Waals surface area contributed by atoms with E-state index in [4.69, 9.17) is 4.74 Å². The lowest BCUT2D eigenvalue weighted by molar-refractivity contribution is -0.140. The molecule has 26 heavy (non-hydrogen) atoms. The molecule has 0 spiro atoms. The normalized spacial score (nSPS) is 22.1. The van der Waals surface area contributed by atoms with Crippen molar-refractivity contribution in [2.24, 2.45) is 0 Å². The minimum absolute atomic E-state index is 0.0545. The van der Waals surface area contributed by atoms with Gasteiger partial charge in [0.1, 0.15) is 5.82 Å². The topological polar surface area (TPSA) is 61.9 Å². The first-order valence-corrected chi connectivity index (χ1v) is 8.91. The second kappa shape index (κ2) is 7.32. The zero-order valence-electron chi connectivity index (χ0n) is 15.5. The van der Waals surface area contributed by atoms with E-state index in [1.54, 1.807) is 12.0 Å². The van der Waals surface area contributed by atoms with E-state index in [0.29, 0.717) is 24.3 Å². The van der Waals surface area contributed by atoms with Crippen LogP contribution in [0.15, 0.2) is 18.2 Å².